The Balaban J connectivity index is 2.29. The zero-order chi connectivity index (χ0) is 15.3. The van der Waals surface area contributed by atoms with Crippen LogP contribution in [0.3, 0.4) is 0 Å². The maximum absolute atomic E-state index is 12.7. The largest absolute Gasteiger partial charge is 0.495 e. The highest BCUT2D eigenvalue weighted by Crippen LogP contribution is 2.28. The number of methoxy groups -OCH3 is 1. The van der Waals surface area contributed by atoms with Crippen LogP contribution in [-0.4, -0.2) is 52.7 Å². The van der Waals surface area contributed by atoms with Gasteiger partial charge in [-0.05, 0) is 24.2 Å². The van der Waals surface area contributed by atoms with E-state index in [2.05, 4.69) is 5.32 Å². The molecule has 1 saturated heterocycles. The van der Waals surface area contributed by atoms with Crippen LogP contribution in [0.2, 0.25) is 0 Å². The van der Waals surface area contributed by atoms with Gasteiger partial charge in [0.1, 0.15) is 10.6 Å². The fourth-order valence-electron chi connectivity index (χ4n) is 2.23. The van der Waals surface area contributed by atoms with Gasteiger partial charge < -0.3 is 14.8 Å². The maximum Gasteiger partial charge on any atom is 0.246 e. The zero-order valence-corrected chi connectivity index (χ0v) is 13.3. The van der Waals surface area contributed by atoms with Crippen molar-refractivity contribution in [3.63, 3.8) is 0 Å². The van der Waals surface area contributed by atoms with Gasteiger partial charge in [-0.15, -0.1) is 0 Å². The van der Waals surface area contributed by atoms with Gasteiger partial charge in [0.05, 0.1) is 20.3 Å². The normalized spacial score (nSPS) is 16.9. The molecule has 0 saturated carbocycles. The van der Waals surface area contributed by atoms with Crippen molar-refractivity contribution in [2.75, 3.05) is 40.0 Å². The van der Waals surface area contributed by atoms with E-state index >= 15 is 0 Å². The van der Waals surface area contributed by atoms with Crippen molar-refractivity contribution < 1.29 is 17.9 Å². The van der Waals surface area contributed by atoms with Gasteiger partial charge in [-0.3, -0.25) is 0 Å². The summed E-state index contributed by atoms with van der Waals surface area (Å²) >= 11 is 0. The Morgan fingerprint density at radius 1 is 1.33 bits per heavy atom. The first kappa shape index (κ1) is 16.2. The molecule has 0 aromatic heterocycles. The lowest BCUT2D eigenvalue weighted by atomic mass is 10.2. The maximum atomic E-state index is 12.7. The molecule has 1 aliphatic rings. The number of hydrogen-bond donors (Lipinski definition) is 1. The lowest BCUT2D eigenvalue weighted by molar-refractivity contribution is 0.0729. The summed E-state index contributed by atoms with van der Waals surface area (Å²) in [5, 5.41) is 3.21. The van der Waals surface area contributed by atoms with E-state index in [1.165, 1.54) is 11.4 Å². The fraction of sp³-hybridized carbons (Fsp3) is 0.571. The van der Waals surface area contributed by atoms with Crippen LogP contribution in [0.15, 0.2) is 23.1 Å². The van der Waals surface area contributed by atoms with Crippen molar-refractivity contribution in [2.24, 2.45) is 0 Å². The van der Waals surface area contributed by atoms with Crippen LogP contribution in [0, 0.1) is 0 Å². The van der Waals surface area contributed by atoms with E-state index in [4.69, 9.17) is 9.47 Å². The van der Waals surface area contributed by atoms with Gasteiger partial charge in [0.15, 0.2) is 0 Å². The van der Waals surface area contributed by atoms with Crippen LogP contribution >= 0.6 is 0 Å². The summed E-state index contributed by atoms with van der Waals surface area (Å²) in [6, 6.07) is 5.21. The lowest BCUT2D eigenvalue weighted by Crippen LogP contribution is -2.40. The monoisotopic (exact) mass is 314 g/mol. The van der Waals surface area contributed by atoms with Crippen molar-refractivity contribution in [1.29, 1.82) is 0 Å². The summed E-state index contributed by atoms with van der Waals surface area (Å²) in [6.07, 6.45) is 0. The SMILES string of the molecule is CCNCc1ccc(S(=O)(=O)N2CCOCC2)c(OC)c1. The molecule has 0 radical (unpaired) electrons. The minimum absolute atomic E-state index is 0.215. The Morgan fingerprint density at radius 3 is 2.67 bits per heavy atom. The van der Waals surface area contributed by atoms with E-state index in [1.807, 2.05) is 13.0 Å². The summed E-state index contributed by atoms with van der Waals surface area (Å²) in [4.78, 5) is 0.215. The van der Waals surface area contributed by atoms with Crippen LogP contribution in [0.1, 0.15) is 12.5 Å². The number of nitrogens with one attached hydrogen (secondary N) is 1. The molecule has 0 amide bonds. The van der Waals surface area contributed by atoms with Crippen molar-refractivity contribution in [2.45, 2.75) is 18.4 Å². The molecule has 2 rings (SSSR count). The summed E-state index contributed by atoms with van der Waals surface area (Å²) in [6.45, 7) is 5.19. The van der Waals surface area contributed by atoms with Gasteiger partial charge in [-0.2, -0.15) is 4.31 Å². The minimum atomic E-state index is -3.53. The molecule has 118 valence electrons. The summed E-state index contributed by atoms with van der Waals surface area (Å²) in [5.74, 6) is 0.386. The van der Waals surface area contributed by atoms with Crippen molar-refractivity contribution in [1.82, 2.24) is 9.62 Å². The Kier molecular flexibility index (Phi) is 5.58. The number of nitrogens with zero attached hydrogens (tertiary/aromatic N) is 1. The first-order valence-electron chi connectivity index (χ1n) is 7.05. The smallest absolute Gasteiger partial charge is 0.246 e. The van der Waals surface area contributed by atoms with E-state index in [9.17, 15) is 8.42 Å². The molecule has 1 aliphatic heterocycles. The summed E-state index contributed by atoms with van der Waals surface area (Å²) < 4.78 is 37.3. The molecule has 0 aliphatic carbocycles. The molecule has 0 bridgehead atoms. The Morgan fingerprint density at radius 2 is 2.05 bits per heavy atom. The number of sulfonamides is 1. The number of morpholine rings is 1. The third kappa shape index (κ3) is 3.74. The molecule has 0 spiro atoms. The van der Waals surface area contributed by atoms with E-state index in [0.717, 1.165) is 12.1 Å². The van der Waals surface area contributed by atoms with Crippen molar-refractivity contribution in [3.8, 4) is 5.75 Å². The van der Waals surface area contributed by atoms with Gasteiger partial charge in [-0.25, -0.2) is 8.42 Å². The number of ether oxygens (including phenoxy) is 2. The Hall–Kier alpha value is -1.15. The molecule has 7 heteroatoms. The standard InChI is InChI=1S/C14H22N2O4S/c1-3-15-11-12-4-5-14(13(10-12)19-2)21(17,18)16-6-8-20-9-7-16/h4-5,10,15H,3,6-9,11H2,1-2H3. The average Bonchev–Trinajstić information content (AvgIpc) is 2.53. The fourth-order valence-corrected chi connectivity index (χ4v) is 3.77. The summed E-state index contributed by atoms with van der Waals surface area (Å²) in [7, 11) is -2.04. The van der Waals surface area contributed by atoms with E-state index in [1.54, 1.807) is 12.1 Å². The van der Waals surface area contributed by atoms with Crippen LogP contribution in [0.25, 0.3) is 0 Å². The molecular weight excluding hydrogens is 292 g/mol. The quantitative estimate of drug-likeness (QED) is 0.842. The lowest BCUT2D eigenvalue weighted by Gasteiger charge is -2.26. The number of benzene rings is 1. The third-order valence-electron chi connectivity index (χ3n) is 3.40. The molecule has 1 heterocycles. The Labute approximate surface area is 126 Å². The van der Waals surface area contributed by atoms with Gasteiger partial charge in [0.25, 0.3) is 0 Å². The summed E-state index contributed by atoms with van der Waals surface area (Å²) in [5.41, 5.74) is 0.995. The van der Waals surface area contributed by atoms with E-state index in [-0.39, 0.29) is 4.90 Å². The molecule has 0 atom stereocenters. The van der Waals surface area contributed by atoms with Crippen molar-refractivity contribution >= 4 is 10.0 Å². The minimum Gasteiger partial charge on any atom is -0.495 e. The average molecular weight is 314 g/mol. The van der Waals surface area contributed by atoms with Gasteiger partial charge >= 0.3 is 0 Å². The van der Waals surface area contributed by atoms with Crippen LogP contribution < -0.4 is 10.1 Å². The predicted octanol–water partition coefficient (Wildman–Crippen LogP) is 0.826. The van der Waals surface area contributed by atoms with Gasteiger partial charge in [0, 0.05) is 19.6 Å². The molecule has 1 N–H and O–H groups in total. The van der Waals surface area contributed by atoms with Gasteiger partial charge in [0.2, 0.25) is 10.0 Å². The molecule has 1 aromatic carbocycles. The predicted molar refractivity (Wildman–Crippen MR) is 80.0 cm³/mol. The highest BCUT2D eigenvalue weighted by molar-refractivity contribution is 7.89. The first-order valence-corrected chi connectivity index (χ1v) is 8.49. The molecule has 1 aromatic rings. The highest BCUT2D eigenvalue weighted by atomic mass is 32.2. The second-order valence-corrected chi connectivity index (χ2v) is 6.69. The zero-order valence-electron chi connectivity index (χ0n) is 12.5. The number of rotatable bonds is 6. The second kappa shape index (κ2) is 7.22. The van der Waals surface area contributed by atoms with Crippen LogP contribution in [-0.2, 0) is 21.3 Å². The van der Waals surface area contributed by atoms with Crippen LogP contribution in [0.4, 0.5) is 0 Å². The van der Waals surface area contributed by atoms with Crippen LogP contribution in [0.5, 0.6) is 5.75 Å². The number of hydrogen-bond acceptors (Lipinski definition) is 5. The molecule has 21 heavy (non-hydrogen) atoms. The van der Waals surface area contributed by atoms with Gasteiger partial charge in [-0.1, -0.05) is 13.0 Å². The Bertz CT molecular complexity index is 568. The van der Waals surface area contributed by atoms with Crippen molar-refractivity contribution in [3.05, 3.63) is 23.8 Å². The van der Waals surface area contributed by atoms with E-state index in [0.29, 0.717) is 38.6 Å². The topological polar surface area (TPSA) is 67.9 Å². The highest BCUT2D eigenvalue weighted by Gasteiger charge is 2.29. The molecule has 6 nitrogen and oxygen atoms in total. The first-order chi connectivity index (χ1) is 10.1. The second-order valence-electron chi connectivity index (χ2n) is 4.78. The molecule has 0 unspecified atom stereocenters. The van der Waals surface area contributed by atoms with E-state index < -0.39 is 10.0 Å². The molecular formula is C14H22N2O4S. The molecule has 1 fully saturated rings. The third-order valence-corrected chi connectivity index (χ3v) is 5.33.